The van der Waals surface area contributed by atoms with E-state index in [0.29, 0.717) is 6.04 Å². The van der Waals surface area contributed by atoms with Crippen molar-refractivity contribution in [2.24, 2.45) is 0 Å². The van der Waals surface area contributed by atoms with Gasteiger partial charge >= 0.3 is 5.95 Å². The lowest BCUT2D eigenvalue weighted by Gasteiger charge is -2.24. The molecule has 0 rings (SSSR count). The standard InChI is InChI=1S/C10H20NO2/c1-5-11(6-2)9(3)7-8-10(12)13-4/h8-9H,5-7H2,1-4H3. The number of rotatable bonds is 6. The normalized spacial score (nSPS) is 14.7. The summed E-state index contributed by atoms with van der Waals surface area (Å²) < 4.78 is 4.53. The zero-order valence-corrected chi connectivity index (χ0v) is 9.04. The lowest BCUT2D eigenvalue weighted by atomic mass is 10.2. The van der Waals surface area contributed by atoms with Gasteiger partial charge in [-0.05, 0) is 26.4 Å². The van der Waals surface area contributed by atoms with Gasteiger partial charge in [0.2, 0.25) is 0 Å². The summed E-state index contributed by atoms with van der Waals surface area (Å²) in [4.78, 5) is 2.30. The predicted octanol–water partition coefficient (Wildman–Crippen LogP) is 2.03. The summed E-state index contributed by atoms with van der Waals surface area (Å²) >= 11 is 0. The molecule has 0 saturated carbocycles. The molecule has 3 heteroatoms. The SMILES string of the molecule is CCN(CC)C(C)CC=C([O])OC. The number of hydrogen-bond acceptors (Lipinski definition) is 2. The first kappa shape index (κ1) is 12.3. The highest BCUT2D eigenvalue weighted by Gasteiger charge is 2.08. The minimum atomic E-state index is -0.237. The topological polar surface area (TPSA) is 32.4 Å². The van der Waals surface area contributed by atoms with Crippen LogP contribution in [0.4, 0.5) is 0 Å². The van der Waals surface area contributed by atoms with E-state index in [-0.39, 0.29) is 5.95 Å². The highest BCUT2D eigenvalue weighted by molar-refractivity contribution is 4.85. The summed E-state index contributed by atoms with van der Waals surface area (Å²) in [5.41, 5.74) is 0. The van der Waals surface area contributed by atoms with Crippen LogP contribution in [0.15, 0.2) is 12.0 Å². The first-order valence-electron chi connectivity index (χ1n) is 4.80. The van der Waals surface area contributed by atoms with Crippen molar-refractivity contribution in [3.8, 4) is 0 Å². The monoisotopic (exact) mass is 186 g/mol. The van der Waals surface area contributed by atoms with Crippen LogP contribution in [0, 0.1) is 0 Å². The Hall–Kier alpha value is -0.700. The molecule has 0 heterocycles. The average molecular weight is 186 g/mol. The summed E-state index contributed by atoms with van der Waals surface area (Å²) in [6, 6.07) is 0.411. The van der Waals surface area contributed by atoms with E-state index >= 15 is 0 Å². The first-order chi connectivity index (χ1) is 6.15. The van der Waals surface area contributed by atoms with Gasteiger partial charge in [-0.1, -0.05) is 13.8 Å². The van der Waals surface area contributed by atoms with Crippen LogP contribution in [0.1, 0.15) is 27.2 Å². The van der Waals surface area contributed by atoms with Gasteiger partial charge in [-0.15, -0.1) is 0 Å². The van der Waals surface area contributed by atoms with Crippen molar-refractivity contribution in [1.29, 1.82) is 0 Å². The second-order valence-electron chi connectivity index (χ2n) is 3.03. The van der Waals surface area contributed by atoms with Crippen molar-refractivity contribution < 1.29 is 9.84 Å². The van der Waals surface area contributed by atoms with Crippen molar-refractivity contribution in [1.82, 2.24) is 4.90 Å². The molecule has 3 nitrogen and oxygen atoms in total. The van der Waals surface area contributed by atoms with Crippen LogP contribution < -0.4 is 0 Å². The van der Waals surface area contributed by atoms with Gasteiger partial charge in [-0.25, -0.2) is 5.11 Å². The fourth-order valence-corrected chi connectivity index (χ4v) is 1.35. The Kier molecular flexibility index (Phi) is 6.41. The smallest absolute Gasteiger partial charge is 0.326 e. The molecule has 0 saturated heterocycles. The third kappa shape index (κ3) is 4.78. The molecular formula is C10H20NO2. The zero-order valence-electron chi connectivity index (χ0n) is 9.04. The third-order valence-electron chi connectivity index (χ3n) is 2.26. The van der Waals surface area contributed by atoms with Crippen LogP contribution in [0.3, 0.4) is 0 Å². The maximum Gasteiger partial charge on any atom is 0.326 e. The molecule has 0 bridgehead atoms. The lowest BCUT2D eigenvalue weighted by Crippen LogP contribution is -2.32. The van der Waals surface area contributed by atoms with Crippen molar-refractivity contribution in [3.63, 3.8) is 0 Å². The zero-order chi connectivity index (χ0) is 10.3. The van der Waals surface area contributed by atoms with Crippen LogP contribution in [0.2, 0.25) is 0 Å². The first-order valence-corrected chi connectivity index (χ1v) is 4.80. The predicted molar refractivity (Wildman–Crippen MR) is 52.8 cm³/mol. The molecule has 0 aliphatic rings. The van der Waals surface area contributed by atoms with E-state index in [1.54, 1.807) is 6.08 Å². The molecule has 0 aromatic rings. The van der Waals surface area contributed by atoms with Gasteiger partial charge < -0.3 is 9.64 Å². The molecule has 0 aliphatic heterocycles. The Bertz CT molecular complexity index is 153. The third-order valence-corrected chi connectivity index (χ3v) is 2.26. The Morgan fingerprint density at radius 3 is 2.38 bits per heavy atom. The van der Waals surface area contributed by atoms with Crippen molar-refractivity contribution in [3.05, 3.63) is 12.0 Å². The van der Waals surface area contributed by atoms with Crippen LogP contribution in [-0.4, -0.2) is 31.1 Å². The van der Waals surface area contributed by atoms with Crippen LogP contribution in [-0.2, 0) is 9.84 Å². The molecule has 0 aliphatic carbocycles. The molecule has 0 aromatic heterocycles. The summed E-state index contributed by atoms with van der Waals surface area (Å²) in [7, 11) is 1.40. The summed E-state index contributed by atoms with van der Waals surface area (Å²) in [6.07, 6.45) is 2.36. The van der Waals surface area contributed by atoms with Gasteiger partial charge in [-0.3, -0.25) is 0 Å². The molecule has 1 atom stereocenters. The molecule has 1 radical (unpaired) electrons. The summed E-state index contributed by atoms with van der Waals surface area (Å²) in [6.45, 7) is 8.40. The largest absolute Gasteiger partial charge is 0.466 e. The number of nitrogens with zero attached hydrogens (tertiary/aromatic N) is 1. The summed E-state index contributed by atoms with van der Waals surface area (Å²) in [5, 5.41) is 10.8. The Labute approximate surface area is 81.0 Å². The highest BCUT2D eigenvalue weighted by Crippen LogP contribution is 2.05. The van der Waals surface area contributed by atoms with E-state index in [9.17, 15) is 5.11 Å². The van der Waals surface area contributed by atoms with E-state index < -0.39 is 0 Å². The minimum Gasteiger partial charge on any atom is -0.466 e. The Balaban J connectivity index is 3.91. The molecule has 0 aromatic carbocycles. The molecule has 77 valence electrons. The molecule has 0 amide bonds. The van der Waals surface area contributed by atoms with E-state index in [4.69, 9.17) is 0 Å². The second kappa shape index (κ2) is 6.78. The maximum atomic E-state index is 10.8. The van der Waals surface area contributed by atoms with Crippen LogP contribution in [0.5, 0.6) is 0 Å². The number of methoxy groups -OCH3 is 1. The van der Waals surface area contributed by atoms with Gasteiger partial charge in [-0.2, -0.15) is 0 Å². The van der Waals surface area contributed by atoms with Crippen LogP contribution >= 0.6 is 0 Å². The summed E-state index contributed by atoms with van der Waals surface area (Å²) in [5.74, 6) is -0.237. The van der Waals surface area contributed by atoms with Gasteiger partial charge in [0.15, 0.2) is 0 Å². The Morgan fingerprint density at radius 2 is 2.00 bits per heavy atom. The molecule has 0 N–H and O–H groups in total. The van der Waals surface area contributed by atoms with Crippen molar-refractivity contribution >= 4 is 0 Å². The molecule has 13 heavy (non-hydrogen) atoms. The van der Waals surface area contributed by atoms with E-state index in [1.165, 1.54) is 7.11 Å². The van der Waals surface area contributed by atoms with Crippen molar-refractivity contribution in [2.45, 2.75) is 33.2 Å². The van der Waals surface area contributed by atoms with Gasteiger partial charge in [0.25, 0.3) is 0 Å². The molecule has 1 unspecified atom stereocenters. The van der Waals surface area contributed by atoms with Crippen LogP contribution in [0.25, 0.3) is 0 Å². The van der Waals surface area contributed by atoms with E-state index in [0.717, 1.165) is 19.5 Å². The highest BCUT2D eigenvalue weighted by atomic mass is 16.6. The molecular weight excluding hydrogens is 166 g/mol. The number of hydrogen-bond donors (Lipinski definition) is 0. The minimum absolute atomic E-state index is 0.237. The average Bonchev–Trinajstić information content (AvgIpc) is 2.16. The number of ether oxygens (including phenoxy) is 1. The fourth-order valence-electron chi connectivity index (χ4n) is 1.35. The molecule has 0 fully saturated rings. The Morgan fingerprint density at radius 1 is 1.46 bits per heavy atom. The van der Waals surface area contributed by atoms with Crippen molar-refractivity contribution in [2.75, 3.05) is 20.2 Å². The van der Waals surface area contributed by atoms with Gasteiger partial charge in [0.1, 0.15) is 0 Å². The second-order valence-corrected chi connectivity index (χ2v) is 3.03. The molecule has 0 spiro atoms. The van der Waals surface area contributed by atoms with E-state index in [2.05, 4.69) is 30.4 Å². The van der Waals surface area contributed by atoms with E-state index in [1.807, 2.05) is 0 Å². The maximum absolute atomic E-state index is 10.8. The van der Waals surface area contributed by atoms with Gasteiger partial charge in [0.05, 0.1) is 7.11 Å². The lowest BCUT2D eigenvalue weighted by molar-refractivity contribution is 0.0835. The quantitative estimate of drug-likeness (QED) is 0.594. The fraction of sp³-hybridized carbons (Fsp3) is 0.800. The van der Waals surface area contributed by atoms with Gasteiger partial charge in [0, 0.05) is 12.1 Å².